The summed E-state index contributed by atoms with van der Waals surface area (Å²) >= 11 is 0. The first-order chi connectivity index (χ1) is 12.9. The molecule has 2 aromatic rings. The van der Waals surface area contributed by atoms with Crippen molar-refractivity contribution in [2.75, 3.05) is 5.32 Å². The van der Waals surface area contributed by atoms with Crippen LogP contribution in [-0.2, 0) is 11.3 Å². The molecule has 1 aliphatic heterocycles. The average Bonchev–Trinajstić information content (AvgIpc) is 2.95. The van der Waals surface area contributed by atoms with Gasteiger partial charge >= 0.3 is 0 Å². The minimum absolute atomic E-state index is 0.122. The normalized spacial score (nSPS) is 17.6. The van der Waals surface area contributed by atoms with Crippen LogP contribution in [0, 0.1) is 0 Å². The molecule has 2 amide bonds. The van der Waals surface area contributed by atoms with Gasteiger partial charge in [-0.1, -0.05) is 19.6 Å². The van der Waals surface area contributed by atoms with Gasteiger partial charge in [0.1, 0.15) is 17.6 Å². The van der Waals surface area contributed by atoms with E-state index in [0.717, 1.165) is 23.0 Å². The molecule has 2 atom stereocenters. The fraction of sp³-hybridized carbons (Fsp3) is 0.238. The number of carbonyl (C=O) groups is 2. The highest BCUT2D eigenvalue weighted by molar-refractivity contribution is 6.02. The quantitative estimate of drug-likeness (QED) is 0.559. The lowest BCUT2D eigenvalue weighted by atomic mass is 9.97. The SMILES string of the molecule is C=CC(=O)Nc1cc(C(=O)NCc2ccc3c(c2)C(C)C(C)O3)ccc1O. The number of amides is 2. The molecule has 1 aliphatic rings. The second-order valence-corrected chi connectivity index (χ2v) is 6.59. The topological polar surface area (TPSA) is 87.7 Å². The van der Waals surface area contributed by atoms with Crippen LogP contribution >= 0.6 is 0 Å². The van der Waals surface area contributed by atoms with Crippen molar-refractivity contribution in [2.45, 2.75) is 32.4 Å². The molecular formula is C21H22N2O4. The first kappa shape index (κ1) is 18.5. The number of hydrogen-bond acceptors (Lipinski definition) is 4. The van der Waals surface area contributed by atoms with Gasteiger partial charge in [0.15, 0.2) is 0 Å². The van der Waals surface area contributed by atoms with E-state index in [-0.39, 0.29) is 23.4 Å². The highest BCUT2D eigenvalue weighted by atomic mass is 16.5. The van der Waals surface area contributed by atoms with E-state index in [1.54, 1.807) is 0 Å². The van der Waals surface area contributed by atoms with Gasteiger partial charge in [-0.2, -0.15) is 0 Å². The van der Waals surface area contributed by atoms with Gasteiger partial charge in [0.2, 0.25) is 5.91 Å². The molecule has 0 radical (unpaired) electrons. The predicted molar refractivity (Wildman–Crippen MR) is 103 cm³/mol. The molecule has 6 nitrogen and oxygen atoms in total. The van der Waals surface area contributed by atoms with Gasteiger partial charge in [0.25, 0.3) is 5.91 Å². The van der Waals surface area contributed by atoms with E-state index in [4.69, 9.17) is 4.74 Å². The Bertz CT molecular complexity index is 907. The van der Waals surface area contributed by atoms with Crippen LogP contribution in [0.4, 0.5) is 5.69 Å². The molecule has 140 valence electrons. The Hall–Kier alpha value is -3.28. The van der Waals surface area contributed by atoms with E-state index in [0.29, 0.717) is 18.0 Å². The third kappa shape index (κ3) is 3.95. The maximum Gasteiger partial charge on any atom is 0.251 e. The van der Waals surface area contributed by atoms with Crippen LogP contribution in [0.15, 0.2) is 49.1 Å². The summed E-state index contributed by atoms with van der Waals surface area (Å²) < 4.78 is 5.78. The van der Waals surface area contributed by atoms with Crippen molar-refractivity contribution >= 4 is 17.5 Å². The minimum Gasteiger partial charge on any atom is -0.506 e. The Morgan fingerprint density at radius 3 is 2.74 bits per heavy atom. The van der Waals surface area contributed by atoms with Gasteiger partial charge < -0.3 is 20.5 Å². The molecule has 2 aromatic carbocycles. The van der Waals surface area contributed by atoms with E-state index in [2.05, 4.69) is 30.2 Å². The molecule has 0 aromatic heterocycles. The first-order valence-corrected chi connectivity index (χ1v) is 8.73. The summed E-state index contributed by atoms with van der Waals surface area (Å²) in [6.45, 7) is 7.88. The molecule has 1 heterocycles. The summed E-state index contributed by atoms with van der Waals surface area (Å²) in [4.78, 5) is 23.9. The Kier molecular flexibility index (Phi) is 5.16. The summed E-state index contributed by atoms with van der Waals surface area (Å²) in [6.07, 6.45) is 1.23. The maximum atomic E-state index is 12.4. The minimum atomic E-state index is -0.466. The van der Waals surface area contributed by atoms with Crippen LogP contribution in [0.2, 0.25) is 0 Å². The lowest BCUT2D eigenvalue weighted by Gasteiger charge is -2.10. The van der Waals surface area contributed by atoms with Crippen LogP contribution in [0.25, 0.3) is 0 Å². The van der Waals surface area contributed by atoms with E-state index >= 15 is 0 Å². The molecule has 3 rings (SSSR count). The third-order valence-corrected chi connectivity index (χ3v) is 4.74. The van der Waals surface area contributed by atoms with Crippen molar-refractivity contribution in [3.63, 3.8) is 0 Å². The van der Waals surface area contributed by atoms with E-state index in [9.17, 15) is 14.7 Å². The number of benzene rings is 2. The lowest BCUT2D eigenvalue weighted by molar-refractivity contribution is -0.111. The fourth-order valence-electron chi connectivity index (χ4n) is 2.97. The Balaban J connectivity index is 1.69. The second kappa shape index (κ2) is 7.53. The smallest absolute Gasteiger partial charge is 0.251 e. The fourth-order valence-corrected chi connectivity index (χ4v) is 2.97. The van der Waals surface area contributed by atoms with Crippen LogP contribution in [0.3, 0.4) is 0 Å². The molecule has 0 saturated carbocycles. The Morgan fingerprint density at radius 2 is 2.00 bits per heavy atom. The zero-order valence-corrected chi connectivity index (χ0v) is 15.3. The molecule has 2 unspecified atom stereocenters. The Morgan fingerprint density at radius 1 is 1.22 bits per heavy atom. The number of aromatic hydroxyl groups is 1. The molecule has 0 saturated heterocycles. The molecule has 6 heteroatoms. The third-order valence-electron chi connectivity index (χ3n) is 4.74. The zero-order valence-electron chi connectivity index (χ0n) is 15.3. The van der Waals surface area contributed by atoms with Gasteiger partial charge in [0, 0.05) is 23.6 Å². The number of rotatable bonds is 5. The van der Waals surface area contributed by atoms with Crippen molar-refractivity contribution in [3.05, 3.63) is 65.7 Å². The lowest BCUT2D eigenvalue weighted by Crippen LogP contribution is -2.23. The number of hydrogen-bond donors (Lipinski definition) is 3. The summed E-state index contributed by atoms with van der Waals surface area (Å²) in [5.74, 6) is 0.312. The number of phenolic OH excluding ortho intramolecular Hbond substituents is 1. The van der Waals surface area contributed by atoms with Crippen molar-refractivity contribution in [1.29, 1.82) is 0 Å². The second-order valence-electron chi connectivity index (χ2n) is 6.59. The molecular weight excluding hydrogens is 344 g/mol. The number of nitrogens with one attached hydrogen (secondary N) is 2. The number of carbonyl (C=O) groups excluding carboxylic acids is 2. The largest absolute Gasteiger partial charge is 0.506 e. The average molecular weight is 366 g/mol. The van der Waals surface area contributed by atoms with Crippen molar-refractivity contribution in [1.82, 2.24) is 5.32 Å². The van der Waals surface area contributed by atoms with E-state index in [1.165, 1.54) is 18.2 Å². The van der Waals surface area contributed by atoms with Crippen molar-refractivity contribution < 1.29 is 19.4 Å². The predicted octanol–water partition coefficient (Wildman–Crippen LogP) is 3.33. The van der Waals surface area contributed by atoms with Crippen LogP contribution in [0.5, 0.6) is 11.5 Å². The van der Waals surface area contributed by atoms with Gasteiger partial charge in [-0.25, -0.2) is 0 Å². The summed E-state index contributed by atoms with van der Waals surface area (Å²) in [6, 6.07) is 10.2. The molecule has 0 bridgehead atoms. The van der Waals surface area contributed by atoms with Crippen LogP contribution in [-0.4, -0.2) is 23.0 Å². The first-order valence-electron chi connectivity index (χ1n) is 8.73. The van der Waals surface area contributed by atoms with Gasteiger partial charge in [-0.05, 0) is 48.9 Å². The highest BCUT2D eigenvalue weighted by Gasteiger charge is 2.27. The van der Waals surface area contributed by atoms with Crippen LogP contribution in [0.1, 0.15) is 41.3 Å². The number of phenols is 1. The number of fused-ring (bicyclic) bond motifs is 1. The van der Waals surface area contributed by atoms with Crippen molar-refractivity contribution in [2.24, 2.45) is 0 Å². The zero-order chi connectivity index (χ0) is 19.6. The molecule has 27 heavy (non-hydrogen) atoms. The van der Waals surface area contributed by atoms with Crippen molar-refractivity contribution in [3.8, 4) is 11.5 Å². The Labute approximate surface area is 157 Å². The molecule has 3 N–H and O–H groups in total. The van der Waals surface area contributed by atoms with Gasteiger partial charge in [0.05, 0.1) is 5.69 Å². The highest BCUT2D eigenvalue weighted by Crippen LogP contribution is 2.38. The summed E-state index contributed by atoms with van der Waals surface area (Å²) in [5, 5.41) is 15.1. The maximum absolute atomic E-state index is 12.4. The number of anilines is 1. The summed E-state index contributed by atoms with van der Waals surface area (Å²) in [7, 11) is 0. The van der Waals surface area contributed by atoms with Gasteiger partial charge in [-0.15, -0.1) is 0 Å². The molecule has 0 aliphatic carbocycles. The van der Waals surface area contributed by atoms with Crippen LogP contribution < -0.4 is 15.4 Å². The summed E-state index contributed by atoms with van der Waals surface area (Å²) in [5.41, 5.74) is 2.61. The number of ether oxygens (including phenoxy) is 1. The standard InChI is InChI=1S/C21H22N2O4/c1-4-20(25)23-17-10-15(6-7-18(17)24)21(26)22-11-14-5-8-19-16(9-14)12(2)13(3)27-19/h4-10,12-13,24H,1,11H2,2-3H3,(H,22,26)(H,23,25). The molecule has 0 spiro atoms. The molecule has 0 fully saturated rings. The van der Waals surface area contributed by atoms with Gasteiger partial charge in [-0.3, -0.25) is 9.59 Å². The van der Waals surface area contributed by atoms with E-state index < -0.39 is 5.91 Å². The monoisotopic (exact) mass is 366 g/mol. The van der Waals surface area contributed by atoms with E-state index in [1.807, 2.05) is 19.1 Å².